The van der Waals surface area contributed by atoms with E-state index < -0.39 is 0 Å². The van der Waals surface area contributed by atoms with Crippen LogP contribution in [0.3, 0.4) is 0 Å². The van der Waals surface area contributed by atoms with Gasteiger partial charge in [0.2, 0.25) is 0 Å². The average Bonchev–Trinajstić information content (AvgIpc) is 2.50. The van der Waals surface area contributed by atoms with Crippen LogP contribution in [0.15, 0.2) is 24.3 Å². The summed E-state index contributed by atoms with van der Waals surface area (Å²) in [5.41, 5.74) is 7.45. The summed E-state index contributed by atoms with van der Waals surface area (Å²) in [6.07, 6.45) is 1.11. The van der Waals surface area contributed by atoms with Gasteiger partial charge in [-0.3, -0.25) is 4.90 Å². The van der Waals surface area contributed by atoms with Crippen LogP contribution in [0.2, 0.25) is 0 Å². The molecule has 4 heteroatoms. The van der Waals surface area contributed by atoms with E-state index in [0.717, 1.165) is 37.4 Å². The van der Waals surface area contributed by atoms with E-state index in [1.54, 1.807) is 14.2 Å². The van der Waals surface area contributed by atoms with Gasteiger partial charge in [-0.05, 0) is 31.0 Å². The van der Waals surface area contributed by atoms with Crippen LogP contribution in [0.25, 0.3) is 0 Å². The maximum absolute atomic E-state index is 6.35. The summed E-state index contributed by atoms with van der Waals surface area (Å²) >= 11 is 0. The first-order chi connectivity index (χ1) is 9.62. The lowest BCUT2D eigenvalue weighted by Gasteiger charge is -2.30. The van der Waals surface area contributed by atoms with E-state index in [-0.39, 0.29) is 6.04 Å². The third-order valence-corrected chi connectivity index (χ3v) is 3.75. The van der Waals surface area contributed by atoms with Crippen molar-refractivity contribution in [3.63, 3.8) is 0 Å². The topological polar surface area (TPSA) is 47.7 Å². The van der Waals surface area contributed by atoms with Crippen molar-refractivity contribution < 1.29 is 9.47 Å². The molecule has 0 aromatic heterocycles. The molecule has 2 N–H and O–H groups in total. The van der Waals surface area contributed by atoms with Crippen molar-refractivity contribution >= 4 is 0 Å². The first-order valence-electron chi connectivity index (χ1n) is 7.24. The van der Waals surface area contributed by atoms with Crippen molar-refractivity contribution in [2.75, 3.05) is 33.9 Å². The molecular weight excluding hydrogens is 252 g/mol. The van der Waals surface area contributed by atoms with Gasteiger partial charge < -0.3 is 15.2 Å². The summed E-state index contributed by atoms with van der Waals surface area (Å²) < 4.78 is 10.4. The maximum atomic E-state index is 6.35. The van der Waals surface area contributed by atoms with E-state index in [4.69, 9.17) is 15.2 Å². The lowest BCUT2D eigenvalue weighted by Crippen LogP contribution is -2.40. The van der Waals surface area contributed by atoms with Crippen LogP contribution in [0, 0.1) is 0 Å². The third kappa shape index (κ3) is 5.12. The first kappa shape index (κ1) is 17.0. The van der Waals surface area contributed by atoms with E-state index in [0.29, 0.717) is 6.04 Å². The Labute approximate surface area is 122 Å². The highest BCUT2D eigenvalue weighted by atomic mass is 16.5. The second kappa shape index (κ2) is 8.95. The van der Waals surface area contributed by atoms with Crippen LogP contribution >= 0.6 is 0 Å². The Morgan fingerprint density at radius 3 is 2.65 bits per heavy atom. The Hall–Kier alpha value is -1.10. The maximum Gasteiger partial charge on any atom is 0.119 e. The van der Waals surface area contributed by atoms with Crippen molar-refractivity contribution in [2.45, 2.75) is 32.4 Å². The summed E-state index contributed by atoms with van der Waals surface area (Å²) in [5, 5.41) is 0. The summed E-state index contributed by atoms with van der Waals surface area (Å²) in [6, 6.07) is 8.47. The molecule has 114 valence electrons. The zero-order chi connectivity index (χ0) is 15.0. The third-order valence-electron chi connectivity index (χ3n) is 3.75. The van der Waals surface area contributed by atoms with Crippen LogP contribution in [0.4, 0.5) is 0 Å². The van der Waals surface area contributed by atoms with Gasteiger partial charge in [0.15, 0.2) is 0 Å². The molecule has 1 aromatic rings. The number of hydrogen-bond donors (Lipinski definition) is 1. The minimum atomic E-state index is -0.0176. The molecular formula is C16H28N2O2. The standard InChI is InChI=1S/C16H28N2O2/c1-5-13(2)18(9-10-19-3)12-16(17)14-7-6-8-15(11-14)20-4/h6-8,11,13,16H,5,9-10,12,17H2,1-4H3. The van der Waals surface area contributed by atoms with Crippen molar-refractivity contribution in [3.05, 3.63) is 29.8 Å². The summed E-state index contributed by atoms with van der Waals surface area (Å²) in [5.74, 6) is 0.852. The zero-order valence-corrected chi connectivity index (χ0v) is 13.1. The molecule has 4 nitrogen and oxygen atoms in total. The number of benzene rings is 1. The number of nitrogens with two attached hydrogens (primary N) is 1. The van der Waals surface area contributed by atoms with Crippen molar-refractivity contribution in [1.29, 1.82) is 0 Å². The van der Waals surface area contributed by atoms with Gasteiger partial charge in [0.25, 0.3) is 0 Å². The number of hydrogen-bond acceptors (Lipinski definition) is 4. The van der Waals surface area contributed by atoms with Crippen molar-refractivity contribution in [1.82, 2.24) is 4.90 Å². The molecule has 0 amide bonds. The van der Waals surface area contributed by atoms with Gasteiger partial charge >= 0.3 is 0 Å². The monoisotopic (exact) mass is 280 g/mol. The molecule has 0 saturated heterocycles. The van der Waals surface area contributed by atoms with Crippen molar-refractivity contribution in [2.24, 2.45) is 5.73 Å². The normalized spacial score (nSPS) is 14.3. The molecule has 1 aromatic carbocycles. The van der Waals surface area contributed by atoms with E-state index in [1.807, 2.05) is 18.2 Å². The molecule has 0 saturated carbocycles. The Balaban J connectivity index is 2.70. The highest BCUT2D eigenvalue weighted by Crippen LogP contribution is 2.19. The molecule has 0 aliphatic carbocycles. The minimum Gasteiger partial charge on any atom is -0.497 e. The predicted molar refractivity (Wildman–Crippen MR) is 83.1 cm³/mol. The summed E-state index contributed by atoms with van der Waals surface area (Å²) in [7, 11) is 3.41. The van der Waals surface area contributed by atoms with E-state index >= 15 is 0 Å². The van der Waals surface area contributed by atoms with Crippen LogP contribution in [-0.2, 0) is 4.74 Å². The van der Waals surface area contributed by atoms with Crippen LogP contribution < -0.4 is 10.5 Å². The molecule has 20 heavy (non-hydrogen) atoms. The fourth-order valence-corrected chi connectivity index (χ4v) is 2.19. The smallest absolute Gasteiger partial charge is 0.119 e. The number of ether oxygens (including phenoxy) is 2. The van der Waals surface area contributed by atoms with E-state index in [1.165, 1.54) is 0 Å². The predicted octanol–water partition coefficient (Wildman–Crippen LogP) is 2.44. The molecule has 2 unspecified atom stereocenters. The Morgan fingerprint density at radius 1 is 1.30 bits per heavy atom. The van der Waals surface area contributed by atoms with Crippen LogP contribution in [0.5, 0.6) is 5.75 Å². The zero-order valence-electron chi connectivity index (χ0n) is 13.1. The van der Waals surface area contributed by atoms with Gasteiger partial charge in [0, 0.05) is 32.3 Å². The van der Waals surface area contributed by atoms with Crippen LogP contribution in [0.1, 0.15) is 31.9 Å². The highest BCUT2D eigenvalue weighted by molar-refractivity contribution is 5.30. The van der Waals surface area contributed by atoms with Gasteiger partial charge in [-0.2, -0.15) is 0 Å². The van der Waals surface area contributed by atoms with E-state index in [2.05, 4.69) is 24.8 Å². The van der Waals surface area contributed by atoms with Gasteiger partial charge in [-0.1, -0.05) is 19.1 Å². The number of rotatable bonds is 9. The fourth-order valence-electron chi connectivity index (χ4n) is 2.19. The summed E-state index contributed by atoms with van der Waals surface area (Å²) in [4.78, 5) is 2.38. The number of nitrogens with zero attached hydrogens (tertiary/aromatic N) is 1. The van der Waals surface area contributed by atoms with E-state index in [9.17, 15) is 0 Å². The van der Waals surface area contributed by atoms with Gasteiger partial charge in [-0.15, -0.1) is 0 Å². The Kier molecular flexibility index (Phi) is 7.59. The summed E-state index contributed by atoms with van der Waals surface area (Å²) in [6.45, 7) is 6.89. The molecule has 0 bridgehead atoms. The lowest BCUT2D eigenvalue weighted by atomic mass is 10.1. The van der Waals surface area contributed by atoms with Crippen molar-refractivity contribution in [3.8, 4) is 5.75 Å². The quantitative estimate of drug-likeness (QED) is 0.755. The highest BCUT2D eigenvalue weighted by Gasteiger charge is 2.17. The second-order valence-corrected chi connectivity index (χ2v) is 5.13. The Bertz CT molecular complexity index is 384. The van der Waals surface area contributed by atoms with Crippen LogP contribution in [-0.4, -0.2) is 44.9 Å². The molecule has 0 heterocycles. The molecule has 0 fully saturated rings. The minimum absolute atomic E-state index is 0.0176. The SMILES string of the molecule is CCC(C)N(CCOC)CC(N)c1cccc(OC)c1. The molecule has 0 radical (unpaired) electrons. The molecule has 0 aliphatic rings. The fraction of sp³-hybridized carbons (Fsp3) is 0.625. The Morgan fingerprint density at radius 2 is 2.05 bits per heavy atom. The molecule has 2 atom stereocenters. The number of methoxy groups -OCH3 is 2. The lowest BCUT2D eigenvalue weighted by molar-refractivity contribution is 0.118. The van der Waals surface area contributed by atoms with Gasteiger partial charge in [-0.25, -0.2) is 0 Å². The van der Waals surface area contributed by atoms with Gasteiger partial charge in [0.05, 0.1) is 13.7 Å². The first-order valence-corrected chi connectivity index (χ1v) is 7.24. The van der Waals surface area contributed by atoms with Gasteiger partial charge in [0.1, 0.15) is 5.75 Å². The molecule has 0 spiro atoms. The molecule has 1 rings (SSSR count). The average molecular weight is 280 g/mol. The second-order valence-electron chi connectivity index (χ2n) is 5.13. The molecule has 0 aliphatic heterocycles. The largest absolute Gasteiger partial charge is 0.497 e.